The molecule has 0 aromatic carbocycles. The summed E-state index contributed by atoms with van der Waals surface area (Å²) < 4.78 is 12.1. The topological polar surface area (TPSA) is 64.6 Å². The van der Waals surface area contributed by atoms with Crippen LogP contribution in [0.3, 0.4) is 0 Å². The molecule has 0 saturated carbocycles. The quantitative estimate of drug-likeness (QED) is 0.437. The molecule has 0 radical (unpaired) electrons. The van der Waals surface area contributed by atoms with Crippen molar-refractivity contribution >= 4 is 30.3 Å². The second-order valence-electron chi connectivity index (χ2n) is 8.50. The Bertz CT molecular complexity index is 653. The lowest BCUT2D eigenvalue weighted by Crippen LogP contribution is -2.41. The third-order valence-electron chi connectivity index (χ3n) is 5.90. The van der Waals surface area contributed by atoms with Crippen LogP contribution >= 0.6 is 11.8 Å². The zero-order valence-corrected chi connectivity index (χ0v) is 17.8. The molecule has 2 fully saturated rings. The molecule has 8 heteroatoms. The van der Waals surface area contributed by atoms with Gasteiger partial charge in [-0.2, -0.15) is 0 Å². The van der Waals surface area contributed by atoms with E-state index in [0.29, 0.717) is 5.92 Å². The highest BCUT2D eigenvalue weighted by molar-refractivity contribution is 7.99. The number of carbonyl (C=O) groups excluding carboxylic acids is 1. The minimum Gasteiger partial charge on any atom is -0.399 e. The second kappa shape index (κ2) is 8.09. The predicted molar refractivity (Wildman–Crippen MR) is 108 cm³/mol. The highest BCUT2D eigenvalue weighted by Gasteiger charge is 2.51. The minimum atomic E-state index is -0.422. The van der Waals surface area contributed by atoms with Gasteiger partial charge in [0, 0.05) is 43.6 Å². The number of nitrogens with zero attached hydrogens (tertiary/aromatic N) is 3. The largest absolute Gasteiger partial charge is 0.498 e. The Morgan fingerprint density at radius 2 is 1.89 bits per heavy atom. The van der Waals surface area contributed by atoms with Crippen LogP contribution in [0, 0.1) is 5.92 Å². The van der Waals surface area contributed by atoms with Crippen molar-refractivity contribution in [3.8, 4) is 0 Å². The molecule has 3 rings (SSSR count). The Balaban J connectivity index is 1.48. The number of likely N-dealkylation sites (tertiary alicyclic amines) is 1. The molecule has 1 atom stereocenters. The molecule has 2 saturated heterocycles. The van der Waals surface area contributed by atoms with Gasteiger partial charge in [-0.15, -0.1) is 0 Å². The SMILES string of the molecule is CC(=O)N1CCCC(CCSc2ncc(B3OC(C)(C)C(C)(C)O3)cn2)C1. The fourth-order valence-corrected chi connectivity index (χ4v) is 4.29. The fourth-order valence-electron chi connectivity index (χ4n) is 3.41. The zero-order chi connectivity index (χ0) is 19.7. The first-order chi connectivity index (χ1) is 12.7. The molecule has 148 valence electrons. The van der Waals surface area contributed by atoms with E-state index in [1.165, 1.54) is 6.42 Å². The third-order valence-corrected chi connectivity index (χ3v) is 6.80. The second-order valence-corrected chi connectivity index (χ2v) is 9.56. The predicted octanol–water partition coefficient (Wildman–Crippen LogP) is 2.52. The molecule has 1 aromatic rings. The number of hydrogen-bond acceptors (Lipinski definition) is 6. The van der Waals surface area contributed by atoms with Gasteiger partial charge in [0.1, 0.15) is 0 Å². The van der Waals surface area contributed by atoms with Crippen LogP contribution < -0.4 is 5.46 Å². The summed E-state index contributed by atoms with van der Waals surface area (Å²) in [5, 5.41) is 0.773. The van der Waals surface area contributed by atoms with Crippen molar-refractivity contribution in [3.63, 3.8) is 0 Å². The van der Waals surface area contributed by atoms with E-state index in [2.05, 4.69) is 9.97 Å². The van der Waals surface area contributed by atoms with Crippen molar-refractivity contribution in [2.45, 2.75) is 70.2 Å². The molecule has 1 aromatic heterocycles. The summed E-state index contributed by atoms with van der Waals surface area (Å²) in [6.45, 7) is 11.6. The smallest absolute Gasteiger partial charge is 0.399 e. The number of aromatic nitrogens is 2. The number of thioether (sulfide) groups is 1. The Labute approximate surface area is 166 Å². The average Bonchev–Trinajstić information content (AvgIpc) is 2.83. The molecule has 3 heterocycles. The maximum Gasteiger partial charge on any atom is 0.498 e. The van der Waals surface area contributed by atoms with Gasteiger partial charge in [-0.25, -0.2) is 9.97 Å². The van der Waals surface area contributed by atoms with Crippen molar-refractivity contribution in [2.75, 3.05) is 18.8 Å². The summed E-state index contributed by atoms with van der Waals surface area (Å²) in [5.41, 5.74) is 0.125. The number of amides is 1. The van der Waals surface area contributed by atoms with Crippen molar-refractivity contribution in [1.82, 2.24) is 14.9 Å². The van der Waals surface area contributed by atoms with E-state index in [9.17, 15) is 4.79 Å². The third kappa shape index (κ3) is 4.84. The van der Waals surface area contributed by atoms with Crippen LogP contribution in [0.4, 0.5) is 0 Å². The van der Waals surface area contributed by atoms with Gasteiger partial charge in [-0.1, -0.05) is 11.8 Å². The van der Waals surface area contributed by atoms with E-state index in [1.807, 2.05) is 32.6 Å². The summed E-state index contributed by atoms with van der Waals surface area (Å²) in [4.78, 5) is 22.5. The van der Waals surface area contributed by atoms with E-state index in [4.69, 9.17) is 9.31 Å². The molecule has 0 aliphatic carbocycles. The molecule has 1 amide bonds. The van der Waals surface area contributed by atoms with Crippen LogP contribution in [0.5, 0.6) is 0 Å². The summed E-state index contributed by atoms with van der Waals surface area (Å²) in [7, 11) is -0.422. The maximum absolute atomic E-state index is 11.5. The van der Waals surface area contributed by atoms with Crippen LogP contribution in [0.2, 0.25) is 0 Å². The van der Waals surface area contributed by atoms with Gasteiger partial charge in [0.2, 0.25) is 5.91 Å². The first-order valence-electron chi connectivity index (χ1n) is 9.74. The van der Waals surface area contributed by atoms with Crippen molar-refractivity contribution < 1.29 is 14.1 Å². The lowest BCUT2D eigenvalue weighted by Gasteiger charge is -2.32. The normalized spacial score (nSPS) is 24.3. The van der Waals surface area contributed by atoms with Gasteiger partial charge in [-0.3, -0.25) is 4.79 Å². The molecule has 1 unspecified atom stereocenters. The van der Waals surface area contributed by atoms with Crippen LogP contribution in [-0.4, -0.2) is 57.9 Å². The monoisotopic (exact) mass is 391 g/mol. The first-order valence-corrected chi connectivity index (χ1v) is 10.7. The van der Waals surface area contributed by atoms with Gasteiger partial charge in [0.05, 0.1) is 11.2 Å². The molecule has 0 bridgehead atoms. The number of carbonyl (C=O) groups is 1. The lowest BCUT2D eigenvalue weighted by atomic mass is 9.81. The number of piperidine rings is 1. The first kappa shape index (κ1) is 20.6. The standard InChI is InChI=1S/C19H30BN3O3S/c1-14(24)23-9-6-7-15(13-23)8-10-27-17-21-11-16(12-22-17)20-25-18(2,3)19(4,5)26-20/h11-12,15H,6-10,13H2,1-5H3. The Morgan fingerprint density at radius 3 is 2.48 bits per heavy atom. The van der Waals surface area contributed by atoms with Crippen LogP contribution in [-0.2, 0) is 14.1 Å². The van der Waals surface area contributed by atoms with Crippen LogP contribution in [0.1, 0.15) is 53.9 Å². The highest BCUT2D eigenvalue weighted by atomic mass is 32.2. The molecule has 2 aliphatic rings. The van der Waals surface area contributed by atoms with E-state index in [-0.39, 0.29) is 17.1 Å². The highest BCUT2D eigenvalue weighted by Crippen LogP contribution is 2.36. The summed E-state index contributed by atoms with van der Waals surface area (Å²) in [5.74, 6) is 1.74. The van der Waals surface area contributed by atoms with Crippen LogP contribution in [0.25, 0.3) is 0 Å². The van der Waals surface area contributed by atoms with Crippen molar-refractivity contribution in [3.05, 3.63) is 12.4 Å². The minimum absolute atomic E-state index is 0.189. The van der Waals surface area contributed by atoms with E-state index in [0.717, 1.165) is 42.3 Å². The van der Waals surface area contributed by atoms with Gasteiger partial charge >= 0.3 is 7.12 Å². The molecular weight excluding hydrogens is 361 g/mol. The lowest BCUT2D eigenvalue weighted by molar-refractivity contribution is -0.130. The maximum atomic E-state index is 11.5. The molecule has 0 N–H and O–H groups in total. The molecule has 6 nitrogen and oxygen atoms in total. The summed E-state index contributed by atoms with van der Waals surface area (Å²) in [6.07, 6.45) is 6.99. The van der Waals surface area contributed by atoms with Crippen molar-refractivity contribution in [1.29, 1.82) is 0 Å². The fraction of sp³-hybridized carbons (Fsp3) is 0.737. The Hall–Kier alpha value is -1.12. The van der Waals surface area contributed by atoms with E-state index < -0.39 is 7.12 Å². The molecule has 27 heavy (non-hydrogen) atoms. The number of hydrogen-bond donors (Lipinski definition) is 0. The Morgan fingerprint density at radius 1 is 1.26 bits per heavy atom. The van der Waals surface area contributed by atoms with Crippen LogP contribution in [0.15, 0.2) is 17.6 Å². The molecule has 0 spiro atoms. The average molecular weight is 391 g/mol. The Kier molecular flexibility index (Phi) is 6.18. The van der Waals surface area contributed by atoms with E-state index >= 15 is 0 Å². The van der Waals surface area contributed by atoms with Crippen molar-refractivity contribution in [2.24, 2.45) is 5.92 Å². The zero-order valence-electron chi connectivity index (χ0n) is 17.0. The summed E-state index contributed by atoms with van der Waals surface area (Å²) in [6, 6.07) is 0. The molecular formula is C19H30BN3O3S. The van der Waals surface area contributed by atoms with Gasteiger partial charge < -0.3 is 14.2 Å². The molecule has 2 aliphatic heterocycles. The van der Waals surface area contributed by atoms with E-state index in [1.54, 1.807) is 31.1 Å². The number of rotatable bonds is 5. The van der Waals surface area contributed by atoms with Gasteiger partial charge in [0.25, 0.3) is 0 Å². The van der Waals surface area contributed by atoms with Gasteiger partial charge in [-0.05, 0) is 52.9 Å². The van der Waals surface area contributed by atoms with Gasteiger partial charge in [0.15, 0.2) is 5.16 Å². The summed E-state index contributed by atoms with van der Waals surface area (Å²) >= 11 is 1.67.